The van der Waals surface area contributed by atoms with E-state index in [1.807, 2.05) is 0 Å². The van der Waals surface area contributed by atoms with Gasteiger partial charge in [0.15, 0.2) is 9.84 Å². The average molecular weight is 261 g/mol. The van der Waals surface area contributed by atoms with Crippen molar-refractivity contribution in [1.29, 1.82) is 0 Å². The third-order valence-electron chi connectivity index (χ3n) is 1.88. The van der Waals surface area contributed by atoms with Gasteiger partial charge in [0.2, 0.25) is 0 Å². The highest BCUT2D eigenvalue weighted by Crippen LogP contribution is 2.16. The number of hydrogen-bond acceptors (Lipinski definition) is 3. The van der Waals surface area contributed by atoms with Crippen LogP contribution < -0.4 is 4.74 Å². The van der Waals surface area contributed by atoms with Gasteiger partial charge >= 0.3 is 0 Å². The summed E-state index contributed by atoms with van der Waals surface area (Å²) in [6, 6.07) is 6.23. The van der Waals surface area contributed by atoms with Gasteiger partial charge in [-0.1, -0.05) is 6.58 Å². The van der Waals surface area contributed by atoms with Crippen molar-refractivity contribution in [1.82, 2.24) is 0 Å². The Kier molecular flexibility index (Phi) is 4.38. The predicted octanol–water partition coefficient (Wildman–Crippen LogP) is 2.26. The van der Waals surface area contributed by atoms with Gasteiger partial charge in [-0.05, 0) is 29.8 Å². The van der Waals surface area contributed by atoms with Crippen molar-refractivity contribution in [3.05, 3.63) is 36.4 Å². The molecule has 0 saturated carbocycles. The fraction of sp³-hybridized carbons (Fsp3) is 0.273. The van der Waals surface area contributed by atoms with Gasteiger partial charge in [0, 0.05) is 12.1 Å². The number of alkyl halides is 1. The zero-order chi connectivity index (χ0) is 12.2. The van der Waals surface area contributed by atoms with Gasteiger partial charge in [0.25, 0.3) is 0 Å². The van der Waals surface area contributed by atoms with Crippen LogP contribution in [0, 0.1) is 0 Å². The molecule has 0 amide bonds. The lowest BCUT2D eigenvalue weighted by molar-refractivity contribution is 0.353. The van der Waals surface area contributed by atoms with E-state index >= 15 is 0 Å². The van der Waals surface area contributed by atoms with Crippen LogP contribution in [0.15, 0.2) is 41.3 Å². The number of benzene rings is 1. The Morgan fingerprint density at radius 2 is 1.94 bits per heavy atom. The van der Waals surface area contributed by atoms with Crippen LogP contribution in [-0.4, -0.2) is 27.2 Å². The Labute approximate surface area is 101 Å². The summed E-state index contributed by atoms with van der Waals surface area (Å²) in [5, 5.41) is 0. The number of ether oxygens (including phenoxy) is 1. The fourth-order valence-corrected chi connectivity index (χ4v) is 1.71. The second-order valence-electron chi connectivity index (χ2n) is 3.42. The molecule has 0 aliphatic rings. The largest absolute Gasteiger partial charge is 0.489 e. The maximum atomic E-state index is 11.2. The second-order valence-corrected chi connectivity index (χ2v) is 5.70. The zero-order valence-electron chi connectivity index (χ0n) is 8.94. The highest BCUT2D eigenvalue weighted by Gasteiger charge is 2.06. The maximum Gasteiger partial charge on any atom is 0.175 e. The van der Waals surface area contributed by atoms with Crippen molar-refractivity contribution in [2.45, 2.75) is 4.90 Å². The van der Waals surface area contributed by atoms with Crippen LogP contribution in [0.5, 0.6) is 5.75 Å². The molecule has 0 radical (unpaired) electrons. The van der Waals surface area contributed by atoms with E-state index in [-0.39, 0.29) is 4.90 Å². The van der Waals surface area contributed by atoms with Crippen LogP contribution in [0.2, 0.25) is 0 Å². The third-order valence-corrected chi connectivity index (χ3v) is 3.39. The molecule has 0 bridgehead atoms. The first-order valence-corrected chi connectivity index (χ1v) is 7.01. The predicted molar refractivity (Wildman–Crippen MR) is 64.9 cm³/mol. The van der Waals surface area contributed by atoms with Gasteiger partial charge in [-0.2, -0.15) is 0 Å². The molecule has 0 unspecified atom stereocenters. The molecule has 0 fully saturated rings. The van der Waals surface area contributed by atoms with E-state index < -0.39 is 9.84 Å². The van der Waals surface area contributed by atoms with Gasteiger partial charge < -0.3 is 4.74 Å². The molecule has 0 aliphatic carbocycles. The quantitative estimate of drug-likeness (QED) is 0.603. The Hall–Kier alpha value is -1.00. The van der Waals surface area contributed by atoms with E-state index in [9.17, 15) is 8.42 Å². The molecule has 1 aromatic rings. The summed E-state index contributed by atoms with van der Waals surface area (Å²) in [5.41, 5.74) is 0.772. The first-order valence-electron chi connectivity index (χ1n) is 4.59. The molecule has 16 heavy (non-hydrogen) atoms. The van der Waals surface area contributed by atoms with E-state index in [0.717, 1.165) is 11.8 Å². The summed E-state index contributed by atoms with van der Waals surface area (Å²) in [6.07, 6.45) is 1.16. The highest BCUT2D eigenvalue weighted by atomic mass is 35.5. The molecule has 0 saturated heterocycles. The molecule has 5 heteroatoms. The molecule has 0 atom stereocenters. The van der Waals surface area contributed by atoms with Crippen LogP contribution in [0.3, 0.4) is 0 Å². The molecular weight excluding hydrogens is 248 g/mol. The minimum Gasteiger partial charge on any atom is -0.489 e. The highest BCUT2D eigenvalue weighted by molar-refractivity contribution is 7.90. The van der Waals surface area contributed by atoms with Crippen LogP contribution in [0.4, 0.5) is 0 Å². The number of hydrogen-bond donors (Lipinski definition) is 0. The smallest absolute Gasteiger partial charge is 0.175 e. The standard InChI is InChI=1S/C11H13ClO3S/c1-9(7-12)8-15-10-3-5-11(6-4-10)16(2,13)14/h3-6H,1,7-8H2,2H3. The zero-order valence-corrected chi connectivity index (χ0v) is 10.5. The van der Waals surface area contributed by atoms with Crippen molar-refractivity contribution in [3.63, 3.8) is 0 Å². The van der Waals surface area contributed by atoms with Crippen molar-refractivity contribution in [2.24, 2.45) is 0 Å². The van der Waals surface area contributed by atoms with Crippen molar-refractivity contribution >= 4 is 21.4 Å². The third kappa shape index (κ3) is 3.87. The monoisotopic (exact) mass is 260 g/mol. The van der Waals surface area contributed by atoms with Crippen molar-refractivity contribution in [3.8, 4) is 5.75 Å². The summed E-state index contributed by atoms with van der Waals surface area (Å²) in [5.74, 6) is 0.945. The van der Waals surface area contributed by atoms with Crippen LogP contribution in [-0.2, 0) is 9.84 Å². The number of sulfone groups is 1. The van der Waals surface area contributed by atoms with E-state index in [0.29, 0.717) is 18.2 Å². The first kappa shape index (κ1) is 13.1. The molecule has 0 spiro atoms. The SMILES string of the molecule is C=C(CCl)COc1ccc(S(C)(=O)=O)cc1. The average Bonchev–Trinajstić information content (AvgIpc) is 2.25. The summed E-state index contributed by atoms with van der Waals surface area (Å²) < 4.78 is 27.7. The molecule has 3 nitrogen and oxygen atoms in total. The molecule has 0 N–H and O–H groups in total. The van der Waals surface area contributed by atoms with Crippen LogP contribution >= 0.6 is 11.6 Å². The fourth-order valence-electron chi connectivity index (χ4n) is 1.01. The Morgan fingerprint density at radius 3 is 2.38 bits per heavy atom. The molecule has 0 heterocycles. The first-order chi connectivity index (χ1) is 7.43. The molecule has 1 aromatic carbocycles. The van der Waals surface area contributed by atoms with Gasteiger partial charge in [-0.25, -0.2) is 8.42 Å². The maximum absolute atomic E-state index is 11.2. The lowest BCUT2D eigenvalue weighted by atomic mass is 10.3. The molecular formula is C11H13ClO3S. The van der Waals surface area contributed by atoms with Crippen molar-refractivity contribution in [2.75, 3.05) is 18.7 Å². The lowest BCUT2D eigenvalue weighted by Crippen LogP contribution is -2.02. The Balaban J connectivity index is 2.69. The summed E-state index contributed by atoms with van der Waals surface area (Å²) in [6.45, 7) is 4.03. The summed E-state index contributed by atoms with van der Waals surface area (Å²) >= 11 is 5.54. The molecule has 0 aromatic heterocycles. The van der Waals surface area contributed by atoms with E-state index in [2.05, 4.69) is 6.58 Å². The van der Waals surface area contributed by atoms with Crippen LogP contribution in [0.25, 0.3) is 0 Å². The number of rotatable bonds is 5. The molecule has 1 rings (SSSR count). The van der Waals surface area contributed by atoms with Gasteiger partial charge in [-0.15, -0.1) is 11.6 Å². The summed E-state index contributed by atoms with van der Waals surface area (Å²) in [7, 11) is -3.15. The Morgan fingerprint density at radius 1 is 1.38 bits per heavy atom. The van der Waals surface area contributed by atoms with Crippen molar-refractivity contribution < 1.29 is 13.2 Å². The number of halogens is 1. The van der Waals surface area contributed by atoms with Crippen LogP contribution in [0.1, 0.15) is 0 Å². The molecule has 0 aliphatic heterocycles. The van der Waals surface area contributed by atoms with Gasteiger partial charge in [0.05, 0.1) is 4.90 Å². The minimum atomic E-state index is -3.15. The van der Waals surface area contributed by atoms with Gasteiger partial charge in [-0.3, -0.25) is 0 Å². The normalized spacial score (nSPS) is 11.1. The second kappa shape index (κ2) is 5.37. The van der Waals surface area contributed by atoms with E-state index in [1.54, 1.807) is 12.1 Å². The molecule has 88 valence electrons. The van der Waals surface area contributed by atoms with E-state index in [1.165, 1.54) is 12.1 Å². The van der Waals surface area contributed by atoms with E-state index in [4.69, 9.17) is 16.3 Å². The minimum absolute atomic E-state index is 0.274. The van der Waals surface area contributed by atoms with Gasteiger partial charge in [0.1, 0.15) is 12.4 Å². The Bertz CT molecular complexity index is 463. The topological polar surface area (TPSA) is 43.4 Å². The lowest BCUT2D eigenvalue weighted by Gasteiger charge is -2.06. The summed E-state index contributed by atoms with van der Waals surface area (Å²) in [4.78, 5) is 0.274.